The average molecular weight is 463 g/mol. The molecule has 0 amide bonds. The number of aliphatic hydroxyl groups is 1. The first-order chi connectivity index (χ1) is 12.4. The number of β-amino-alcohol motifs (C(OH)–C–C–N with tert-alkyl or cyclic N) is 1. The Morgan fingerprint density at radius 3 is 2.33 bits per heavy atom. The minimum Gasteiger partial charge on any atom is -0.361 e. The van der Waals surface area contributed by atoms with E-state index < -0.39 is 28.3 Å². The summed E-state index contributed by atoms with van der Waals surface area (Å²) >= 11 is 3.26. The van der Waals surface area contributed by atoms with E-state index >= 15 is 0 Å². The second kappa shape index (κ2) is 6.61. The molecule has 2 aromatic carbocycles. The van der Waals surface area contributed by atoms with E-state index in [1.807, 2.05) is 0 Å². The lowest BCUT2D eigenvalue weighted by atomic mass is 10.1. The summed E-state index contributed by atoms with van der Waals surface area (Å²) < 4.78 is 63.9. The van der Waals surface area contributed by atoms with Crippen LogP contribution in [0.2, 0.25) is 0 Å². The van der Waals surface area contributed by atoms with Gasteiger partial charge < -0.3 is 10.0 Å². The van der Waals surface area contributed by atoms with E-state index in [0.717, 1.165) is 6.26 Å². The minimum absolute atomic E-state index is 0.0393. The van der Waals surface area contributed by atoms with Crippen LogP contribution < -0.4 is 4.90 Å². The molecule has 0 bridgehead atoms. The lowest BCUT2D eigenvalue weighted by Crippen LogP contribution is -2.47. The quantitative estimate of drug-likeness (QED) is 0.758. The number of anilines is 1. The van der Waals surface area contributed by atoms with E-state index in [0.29, 0.717) is 10.0 Å². The minimum atomic E-state index is -4.97. The van der Waals surface area contributed by atoms with Crippen molar-refractivity contribution in [1.82, 2.24) is 0 Å². The van der Waals surface area contributed by atoms with Gasteiger partial charge in [0.15, 0.2) is 9.84 Å². The van der Waals surface area contributed by atoms with Gasteiger partial charge in [-0.15, -0.1) is 0 Å². The maximum atomic E-state index is 13.4. The van der Waals surface area contributed by atoms with E-state index in [-0.39, 0.29) is 16.4 Å². The summed E-state index contributed by atoms with van der Waals surface area (Å²) in [7, 11) is -3.44. The second-order valence-electron chi connectivity index (χ2n) is 6.11. The molecule has 0 spiro atoms. The first-order valence-electron chi connectivity index (χ1n) is 7.63. The average Bonchev–Trinajstić information content (AvgIpc) is 2.93. The molecule has 1 aliphatic heterocycles. The van der Waals surface area contributed by atoms with Gasteiger partial charge >= 0.3 is 6.18 Å². The third-order valence-corrected chi connectivity index (χ3v) is 5.66. The van der Waals surface area contributed by atoms with Crippen molar-refractivity contribution in [1.29, 1.82) is 0 Å². The summed E-state index contributed by atoms with van der Waals surface area (Å²) in [6.45, 7) is -0.837. The van der Waals surface area contributed by atoms with Crippen molar-refractivity contribution in [3.05, 3.63) is 58.6 Å². The predicted octanol–water partition coefficient (Wildman–Crippen LogP) is 3.37. The van der Waals surface area contributed by atoms with Gasteiger partial charge in [0.2, 0.25) is 0 Å². The molecule has 144 valence electrons. The smallest absolute Gasteiger partial charge is 0.361 e. The van der Waals surface area contributed by atoms with Crippen LogP contribution in [-0.4, -0.2) is 44.1 Å². The van der Waals surface area contributed by atoms with Crippen LogP contribution in [0, 0.1) is 0 Å². The van der Waals surface area contributed by atoms with Gasteiger partial charge in [-0.25, -0.2) is 13.4 Å². The summed E-state index contributed by atoms with van der Waals surface area (Å²) in [5, 5.41) is 10.1. The number of hydrogen-bond acceptors (Lipinski definition) is 5. The number of aliphatic imine (C=N–C) groups is 1. The fraction of sp³-hybridized carbons (Fsp3) is 0.235. The highest BCUT2D eigenvalue weighted by Crippen LogP contribution is 2.39. The number of hydrogen-bond donors (Lipinski definition) is 1. The Labute approximate surface area is 162 Å². The Hall–Kier alpha value is -1.91. The Kier molecular flexibility index (Phi) is 4.86. The van der Waals surface area contributed by atoms with E-state index in [1.165, 1.54) is 29.2 Å². The molecule has 0 aliphatic carbocycles. The molecule has 27 heavy (non-hydrogen) atoms. The molecule has 3 rings (SSSR count). The molecule has 0 aromatic heterocycles. The third-order valence-electron chi connectivity index (χ3n) is 4.04. The third kappa shape index (κ3) is 3.87. The van der Waals surface area contributed by atoms with Gasteiger partial charge in [0.05, 0.1) is 11.4 Å². The van der Waals surface area contributed by atoms with Gasteiger partial charge in [0.1, 0.15) is 5.84 Å². The summed E-state index contributed by atoms with van der Waals surface area (Å²) in [6.07, 6.45) is -3.93. The monoisotopic (exact) mass is 462 g/mol. The Bertz CT molecular complexity index is 1010. The van der Waals surface area contributed by atoms with Crippen LogP contribution in [0.1, 0.15) is 5.56 Å². The Morgan fingerprint density at radius 1 is 1.19 bits per heavy atom. The predicted molar refractivity (Wildman–Crippen MR) is 98.6 cm³/mol. The van der Waals surface area contributed by atoms with Crippen LogP contribution in [0.15, 0.2) is 62.9 Å². The summed E-state index contributed by atoms with van der Waals surface area (Å²) in [5.41, 5.74) is -2.61. The van der Waals surface area contributed by atoms with Gasteiger partial charge in [-0.05, 0) is 36.4 Å². The van der Waals surface area contributed by atoms with E-state index in [4.69, 9.17) is 0 Å². The SMILES string of the molecule is CS(=O)(=O)c1ccc(N2CC(O)(C(F)(F)F)N=C2c2cccc(Br)c2)cc1. The number of rotatable bonds is 3. The summed E-state index contributed by atoms with van der Waals surface area (Å²) in [5.74, 6) is -0.0665. The standard InChI is InChI=1S/C17H14BrF3N2O3S/c1-27(25,26)14-7-5-13(6-8-14)23-10-16(24,17(19,20)21)22-15(23)11-3-2-4-12(18)9-11/h2-9,24H,10H2,1H3. The number of benzene rings is 2. The highest BCUT2D eigenvalue weighted by molar-refractivity contribution is 9.10. The highest BCUT2D eigenvalue weighted by Gasteiger charge is 2.58. The Morgan fingerprint density at radius 2 is 1.81 bits per heavy atom. The van der Waals surface area contributed by atoms with Crippen molar-refractivity contribution in [2.45, 2.75) is 16.8 Å². The molecule has 0 saturated carbocycles. The molecule has 1 atom stereocenters. The van der Waals surface area contributed by atoms with Crippen molar-refractivity contribution in [2.75, 3.05) is 17.7 Å². The van der Waals surface area contributed by atoms with Gasteiger partial charge in [-0.3, -0.25) is 0 Å². The first-order valence-corrected chi connectivity index (χ1v) is 10.3. The van der Waals surface area contributed by atoms with Crippen LogP contribution in [-0.2, 0) is 9.84 Å². The molecule has 10 heteroatoms. The molecule has 2 aromatic rings. The molecule has 1 N–H and O–H groups in total. The molecule has 0 saturated heterocycles. The van der Waals surface area contributed by atoms with Gasteiger partial charge in [-0.1, -0.05) is 28.1 Å². The van der Waals surface area contributed by atoms with Crippen LogP contribution >= 0.6 is 15.9 Å². The number of alkyl halides is 3. The highest BCUT2D eigenvalue weighted by atomic mass is 79.9. The van der Waals surface area contributed by atoms with Crippen molar-refractivity contribution in [3.8, 4) is 0 Å². The number of sulfone groups is 1. The van der Waals surface area contributed by atoms with E-state index in [2.05, 4.69) is 20.9 Å². The molecule has 1 aliphatic rings. The zero-order chi connectivity index (χ0) is 20.0. The van der Waals surface area contributed by atoms with Crippen LogP contribution in [0.4, 0.5) is 18.9 Å². The van der Waals surface area contributed by atoms with Crippen molar-refractivity contribution in [3.63, 3.8) is 0 Å². The zero-order valence-corrected chi connectivity index (χ0v) is 16.3. The van der Waals surface area contributed by atoms with Crippen molar-refractivity contribution >= 4 is 37.3 Å². The summed E-state index contributed by atoms with van der Waals surface area (Å²) in [6, 6.07) is 11.9. The molecule has 0 fully saturated rings. The molecular formula is C17H14BrF3N2O3S. The normalized spacial score (nSPS) is 20.7. The van der Waals surface area contributed by atoms with E-state index in [9.17, 15) is 26.7 Å². The van der Waals surface area contributed by atoms with Crippen LogP contribution in [0.5, 0.6) is 0 Å². The zero-order valence-electron chi connectivity index (χ0n) is 13.9. The van der Waals surface area contributed by atoms with Crippen molar-refractivity contribution < 1.29 is 26.7 Å². The lowest BCUT2D eigenvalue weighted by Gasteiger charge is -2.25. The molecule has 5 nitrogen and oxygen atoms in total. The van der Waals surface area contributed by atoms with Gasteiger partial charge in [0, 0.05) is 22.0 Å². The fourth-order valence-electron chi connectivity index (χ4n) is 2.65. The lowest BCUT2D eigenvalue weighted by molar-refractivity contribution is -0.249. The summed E-state index contributed by atoms with van der Waals surface area (Å²) in [4.78, 5) is 4.81. The number of nitrogens with zero attached hydrogens (tertiary/aromatic N) is 2. The molecular weight excluding hydrogens is 449 g/mol. The molecule has 1 unspecified atom stereocenters. The first kappa shape index (κ1) is 19.8. The second-order valence-corrected chi connectivity index (χ2v) is 9.04. The van der Waals surface area contributed by atoms with Gasteiger partial charge in [0.25, 0.3) is 5.72 Å². The van der Waals surface area contributed by atoms with Gasteiger partial charge in [-0.2, -0.15) is 13.2 Å². The maximum Gasteiger partial charge on any atom is 0.440 e. The molecule has 1 heterocycles. The van der Waals surface area contributed by atoms with Crippen molar-refractivity contribution in [2.24, 2.45) is 4.99 Å². The topological polar surface area (TPSA) is 70.0 Å². The fourth-order valence-corrected chi connectivity index (χ4v) is 3.68. The van der Waals surface area contributed by atoms with Crippen LogP contribution in [0.25, 0.3) is 0 Å². The molecule has 0 radical (unpaired) electrons. The Balaban J connectivity index is 2.09. The maximum absolute atomic E-state index is 13.4. The largest absolute Gasteiger partial charge is 0.440 e. The number of halogens is 4. The van der Waals surface area contributed by atoms with E-state index in [1.54, 1.807) is 24.3 Å². The van der Waals surface area contributed by atoms with Crippen LogP contribution in [0.3, 0.4) is 0 Å². The number of amidine groups is 1.